The number of anilines is 2. The van der Waals surface area contributed by atoms with Gasteiger partial charge in [-0.25, -0.2) is 0 Å². The third-order valence-corrected chi connectivity index (χ3v) is 5.07. The van der Waals surface area contributed by atoms with E-state index < -0.39 is 0 Å². The van der Waals surface area contributed by atoms with Crippen molar-refractivity contribution in [2.75, 3.05) is 16.8 Å². The van der Waals surface area contributed by atoms with Gasteiger partial charge < -0.3 is 10.2 Å². The van der Waals surface area contributed by atoms with E-state index in [2.05, 4.69) is 37.4 Å². The van der Waals surface area contributed by atoms with Gasteiger partial charge >= 0.3 is 0 Å². The average Bonchev–Trinajstić information content (AvgIpc) is 2.90. The highest BCUT2D eigenvalue weighted by Gasteiger charge is 2.28. The highest BCUT2D eigenvalue weighted by atomic mass is 16.2. The van der Waals surface area contributed by atoms with Crippen LogP contribution >= 0.6 is 0 Å². The molecule has 0 radical (unpaired) electrons. The van der Waals surface area contributed by atoms with Gasteiger partial charge in [0.15, 0.2) is 0 Å². The lowest BCUT2D eigenvalue weighted by Gasteiger charge is -2.35. The molecule has 0 spiro atoms. The molecular weight excluding hydrogens is 260 g/mol. The molecule has 3 heteroatoms. The van der Waals surface area contributed by atoms with E-state index in [9.17, 15) is 4.79 Å². The van der Waals surface area contributed by atoms with E-state index in [-0.39, 0.29) is 5.91 Å². The zero-order chi connectivity index (χ0) is 14.8. The Hall–Kier alpha value is -1.51. The summed E-state index contributed by atoms with van der Waals surface area (Å²) in [5, 5.41) is 3.73. The van der Waals surface area contributed by atoms with Crippen LogP contribution in [0.1, 0.15) is 46.0 Å². The molecule has 3 rings (SSSR count). The molecule has 1 aromatic carbocycles. The van der Waals surface area contributed by atoms with Crippen molar-refractivity contribution in [3.63, 3.8) is 0 Å². The van der Waals surface area contributed by atoms with Crippen LogP contribution in [0.5, 0.6) is 0 Å². The van der Waals surface area contributed by atoms with Gasteiger partial charge in [-0.05, 0) is 43.2 Å². The normalized spacial score (nSPS) is 29.7. The first-order chi connectivity index (χ1) is 10.1. The SMILES string of the molecule is CC1CCC(C)C(Nc2ccccc2N2CCCC2=O)C1. The third kappa shape index (κ3) is 3.07. The molecule has 2 fully saturated rings. The van der Waals surface area contributed by atoms with Gasteiger partial charge in [0.25, 0.3) is 0 Å². The van der Waals surface area contributed by atoms with E-state index in [0.29, 0.717) is 18.4 Å². The molecule has 21 heavy (non-hydrogen) atoms. The number of carbonyl (C=O) groups is 1. The zero-order valence-electron chi connectivity index (χ0n) is 13.1. The zero-order valence-corrected chi connectivity index (χ0v) is 13.1. The Morgan fingerprint density at radius 2 is 2.00 bits per heavy atom. The molecule has 0 bridgehead atoms. The van der Waals surface area contributed by atoms with E-state index >= 15 is 0 Å². The fraction of sp³-hybridized carbons (Fsp3) is 0.611. The maximum atomic E-state index is 12.0. The standard InChI is InChI=1S/C18H26N2O/c1-13-9-10-14(2)16(12-13)19-15-6-3-4-7-17(15)20-11-5-8-18(20)21/h3-4,6-7,13-14,16,19H,5,8-12H2,1-2H3. The number of nitrogens with zero attached hydrogens (tertiary/aromatic N) is 1. The van der Waals surface area contributed by atoms with Crippen LogP contribution in [0.4, 0.5) is 11.4 Å². The Morgan fingerprint density at radius 3 is 2.76 bits per heavy atom. The molecule has 1 saturated heterocycles. The Kier molecular flexibility index (Phi) is 4.18. The van der Waals surface area contributed by atoms with E-state index in [0.717, 1.165) is 30.3 Å². The molecule has 1 saturated carbocycles. The smallest absolute Gasteiger partial charge is 0.227 e. The van der Waals surface area contributed by atoms with Crippen molar-refractivity contribution in [1.82, 2.24) is 0 Å². The Balaban J connectivity index is 1.80. The second-order valence-corrected chi connectivity index (χ2v) is 6.81. The average molecular weight is 286 g/mol. The van der Waals surface area contributed by atoms with Crippen LogP contribution in [0.3, 0.4) is 0 Å². The predicted molar refractivity (Wildman–Crippen MR) is 87.6 cm³/mol. The van der Waals surface area contributed by atoms with Gasteiger partial charge in [-0.3, -0.25) is 4.79 Å². The lowest BCUT2D eigenvalue weighted by atomic mass is 9.80. The van der Waals surface area contributed by atoms with Crippen molar-refractivity contribution >= 4 is 17.3 Å². The van der Waals surface area contributed by atoms with Gasteiger partial charge in [-0.1, -0.05) is 32.4 Å². The number of para-hydroxylation sites is 2. The van der Waals surface area contributed by atoms with Crippen LogP contribution in [0.2, 0.25) is 0 Å². The van der Waals surface area contributed by atoms with Crippen molar-refractivity contribution in [2.24, 2.45) is 11.8 Å². The molecule has 1 heterocycles. The topological polar surface area (TPSA) is 32.3 Å². The molecule has 0 aromatic heterocycles. The Bertz CT molecular complexity index is 514. The molecule has 1 amide bonds. The minimum Gasteiger partial charge on any atom is -0.380 e. The van der Waals surface area contributed by atoms with Crippen LogP contribution in [0.25, 0.3) is 0 Å². The Labute approximate surface area is 127 Å². The lowest BCUT2D eigenvalue weighted by Crippen LogP contribution is -2.34. The predicted octanol–water partition coefficient (Wildman–Crippen LogP) is 4.05. The first-order valence-electron chi connectivity index (χ1n) is 8.31. The van der Waals surface area contributed by atoms with Gasteiger partial charge in [0.05, 0.1) is 11.4 Å². The number of amides is 1. The molecule has 3 nitrogen and oxygen atoms in total. The van der Waals surface area contributed by atoms with Gasteiger partial charge in [-0.2, -0.15) is 0 Å². The number of hydrogen-bond donors (Lipinski definition) is 1. The molecule has 1 aliphatic carbocycles. The van der Waals surface area contributed by atoms with Crippen LogP contribution < -0.4 is 10.2 Å². The second-order valence-electron chi connectivity index (χ2n) is 6.81. The number of benzene rings is 1. The maximum Gasteiger partial charge on any atom is 0.227 e. The molecular formula is C18H26N2O. The summed E-state index contributed by atoms with van der Waals surface area (Å²) in [6.45, 7) is 5.54. The Morgan fingerprint density at radius 1 is 1.19 bits per heavy atom. The molecule has 2 aliphatic rings. The second kappa shape index (κ2) is 6.08. The van der Waals surface area contributed by atoms with E-state index in [4.69, 9.17) is 0 Å². The first-order valence-corrected chi connectivity index (χ1v) is 8.31. The van der Waals surface area contributed by atoms with Gasteiger partial charge in [0, 0.05) is 19.0 Å². The molecule has 1 aliphatic heterocycles. The van der Waals surface area contributed by atoms with Crippen molar-refractivity contribution in [1.29, 1.82) is 0 Å². The van der Waals surface area contributed by atoms with Crippen LogP contribution in [-0.4, -0.2) is 18.5 Å². The minimum atomic E-state index is 0.259. The van der Waals surface area contributed by atoms with E-state index in [1.807, 2.05) is 11.0 Å². The van der Waals surface area contributed by atoms with Crippen molar-refractivity contribution in [2.45, 2.75) is 52.0 Å². The summed E-state index contributed by atoms with van der Waals surface area (Å²) >= 11 is 0. The summed E-state index contributed by atoms with van der Waals surface area (Å²) in [5.74, 6) is 1.75. The molecule has 1 aromatic rings. The van der Waals surface area contributed by atoms with Gasteiger partial charge in [-0.15, -0.1) is 0 Å². The number of nitrogens with one attached hydrogen (secondary N) is 1. The largest absolute Gasteiger partial charge is 0.380 e. The van der Waals surface area contributed by atoms with Crippen LogP contribution in [0.15, 0.2) is 24.3 Å². The highest BCUT2D eigenvalue weighted by Crippen LogP contribution is 2.34. The summed E-state index contributed by atoms with van der Waals surface area (Å²) in [6.07, 6.45) is 5.52. The first kappa shape index (κ1) is 14.4. The number of hydrogen-bond acceptors (Lipinski definition) is 2. The van der Waals surface area contributed by atoms with E-state index in [1.165, 1.54) is 19.3 Å². The highest BCUT2D eigenvalue weighted by molar-refractivity contribution is 5.98. The molecule has 3 atom stereocenters. The van der Waals surface area contributed by atoms with Crippen LogP contribution in [-0.2, 0) is 4.79 Å². The summed E-state index contributed by atoms with van der Waals surface area (Å²) in [5.41, 5.74) is 2.18. The van der Waals surface area contributed by atoms with E-state index in [1.54, 1.807) is 0 Å². The fourth-order valence-electron chi connectivity index (χ4n) is 3.67. The van der Waals surface area contributed by atoms with Crippen molar-refractivity contribution in [3.8, 4) is 0 Å². The molecule has 1 N–H and O–H groups in total. The molecule has 3 unspecified atom stereocenters. The maximum absolute atomic E-state index is 12.0. The third-order valence-electron chi connectivity index (χ3n) is 5.07. The number of rotatable bonds is 3. The summed E-state index contributed by atoms with van der Waals surface area (Å²) < 4.78 is 0. The van der Waals surface area contributed by atoms with Gasteiger partial charge in [0.2, 0.25) is 5.91 Å². The molecule has 114 valence electrons. The fourth-order valence-corrected chi connectivity index (χ4v) is 3.67. The van der Waals surface area contributed by atoms with Crippen molar-refractivity contribution in [3.05, 3.63) is 24.3 Å². The monoisotopic (exact) mass is 286 g/mol. The van der Waals surface area contributed by atoms with Gasteiger partial charge in [0.1, 0.15) is 0 Å². The van der Waals surface area contributed by atoms with Crippen molar-refractivity contribution < 1.29 is 4.79 Å². The lowest BCUT2D eigenvalue weighted by molar-refractivity contribution is -0.117. The number of carbonyl (C=O) groups excluding carboxylic acids is 1. The van der Waals surface area contributed by atoms with Crippen LogP contribution in [0, 0.1) is 11.8 Å². The summed E-state index contributed by atoms with van der Waals surface area (Å²) in [4.78, 5) is 14.0. The summed E-state index contributed by atoms with van der Waals surface area (Å²) in [6, 6.07) is 8.80. The minimum absolute atomic E-state index is 0.259. The summed E-state index contributed by atoms with van der Waals surface area (Å²) in [7, 11) is 0. The quantitative estimate of drug-likeness (QED) is 0.909.